The lowest BCUT2D eigenvalue weighted by molar-refractivity contribution is -0.140. The van der Waals surface area contributed by atoms with Crippen molar-refractivity contribution in [2.75, 3.05) is 20.2 Å². The summed E-state index contributed by atoms with van der Waals surface area (Å²) < 4.78 is 67.4. The Morgan fingerprint density at radius 3 is 2.26 bits per heavy atom. The molecule has 11 heteroatoms. The summed E-state index contributed by atoms with van der Waals surface area (Å²) >= 11 is 0. The fourth-order valence-electron chi connectivity index (χ4n) is 2.03. The minimum Gasteiger partial charge on any atom is -0.469 e. The fourth-order valence-corrected chi connectivity index (χ4v) is 3.11. The lowest BCUT2D eigenvalue weighted by Crippen LogP contribution is -2.33. The number of hydrogen-bond donors (Lipinski definition) is 2. The largest absolute Gasteiger partial charge is 0.469 e. The highest BCUT2D eigenvalue weighted by Gasteiger charge is 2.28. The minimum absolute atomic E-state index is 0.0824. The number of carbonyl (C=O) groups is 2. The van der Waals surface area contributed by atoms with Crippen molar-refractivity contribution in [3.05, 3.63) is 29.8 Å². The molecule has 0 aliphatic rings. The van der Waals surface area contributed by atoms with Crippen LogP contribution in [0.3, 0.4) is 0 Å². The molecule has 152 valence electrons. The molecular formula is C16H21F3N2O5S. The monoisotopic (exact) mass is 410 g/mol. The Bertz CT molecular complexity index is 733. The molecule has 1 aromatic rings. The number of sulfonamides is 1. The molecule has 2 N–H and O–H groups in total. The maximum atomic E-state index is 12.1. The van der Waals surface area contributed by atoms with E-state index in [1.54, 1.807) is 5.32 Å². The third-order valence-corrected chi connectivity index (χ3v) is 4.93. The first kappa shape index (κ1) is 22.9. The van der Waals surface area contributed by atoms with Crippen LogP contribution >= 0.6 is 0 Å². The van der Waals surface area contributed by atoms with E-state index in [0.29, 0.717) is 19.3 Å². The van der Waals surface area contributed by atoms with Gasteiger partial charge in [-0.2, -0.15) is 13.2 Å². The summed E-state index contributed by atoms with van der Waals surface area (Å²) in [6, 6.07) is 4.55. The number of esters is 1. The highest BCUT2D eigenvalue weighted by Crippen LogP contribution is 2.14. The predicted molar refractivity (Wildman–Crippen MR) is 90.5 cm³/mol. The number of nitrogens with one attached hydrogen (secondary N) is 2. The molecule has 0 aliphatic carbocycles. The average Bonchev–Trinajstić information content (AvgIpc) is 2.61. The highest BCUT2D eigenvalue weighted by molar-refractivity contribution is 7.89. The molecule has 0 fully saturated rings. The maximum absolute atomic E-state index is 12.1. The van der Waals surface area contributed by atoms with Gasteiger partial charge in [0, 0.05) is 18.5 Å². The molecule has 0 radical (unpaired) electrons. The van der Waals surface area contributed by atoms with Gasteiger partial charge in [-0.3, -0.25) is 9.59 Å². The molecule has 27 heavy (non-hydrogen) atoms. The van der Waals surface area contributed by atoms with Gasteiger partial charge < -0.3 is 10.1 Å². The second-order valence-electron chi connectivity index (χ2n) is 5.61. The van der Waals surface area contributed by atoms with Crippen LogP contribution in [-0.2, 0) is 19.6 Å². The number of rotatable bonds is 10. The van der Waals surface area contributed by atoms with Gasteiger partial charge in [-0.05, 0) is 37.1 Å². The number of hydrogen-bond acceptors (Lipinski definition) is 5. The Kier molecular flexibility index (Phi) is 8.70. The molecule has 0 spiro atoms. The molecule has 1 rings (SSSR count). The summed E-state index contributed by atoms with van der Waals surface area (Å²) in [5.41, 5.74) is -0.0824. The van der Waals surface area contributed by atoms with E-state index in [1.807, 2.05) is 0 Å². The van der Waals surface area contributed by atoms with E-state index in [2.05, 4.69) is 9.46 Å². The number of alkyl halides is 3. The number of ether oxygens (including phenoxy) is 1. The van der Waals surface area contributed by atoms with E-state index >= 15 is 0 Å². The van der Waals surface area contributed by atoms with Gasteiger partial charge in [-0.1, -0.05) is 6.42 Å². The van der Waals surface area contributed by atoms with Crippen LogP contribution in [0.1, 0.15) is 36.0 Å². The third kappa shape index (κ3) is 8.87. The molecule has 0 unspecified atom stereocenters. The molecule has 0 heterocycles. The first-order valence-electron chi connectivity index (χ1n) is 8.06. The van der Waals surface area contributed by atoms with E-state index in [4.69, 9.17) is 0 Å². The van der Waals surface area contributed by atoms with Crippen LogP contribution in [0.5, 0.6) is 0 Å². The quantitative estimate of drug-likeness (QED) is 0.454. The minimum atomic E-state index is -4.53. The molecule has 0 aliphatic heterocycles. The maximum Gasteiger partial charge on any atom is 0.405 e. The van der Waals surface area contributed by atoms with Crippen molar-refractivity contribution in [2.24, 2.45) is 0 Å². The average molecular weight is 410 g/mol. The van der Waals surface area contributed by atoms with Crippen LogP contribution in [0.4, 0.5) is 13.2 Å². The summed E-state index contributed by atoms with van der Waals surface area (Å²) in [5.74, 6) is -1.27. The summed E-state index contributed by atoms with van der Waals surface area (Å²) in [6.07, 6.45) is -2.53. The Morgan fingerprint density at radius 2 is 1.70 bits per heavy atom. The van der Waals surface area contributed by atoms with Crippen molar-refractivity contribution in [1.82, 2.24) is 10.0 Å². The van der Waals surface area contributed by atoms with Crippen molar-refractivity contribution in [3.8, 4) is 0 Å². The Morgan fingerprint density at radius 1 is 1.07 bits per heavy atom. The highest BCUT2D eigenvalue weighted by atomic mass is 32.2. The van der Waals surface area contributed by atoms with E-state index in [1.165, 1.54) is 7.11 Å². The molecule has 0 atom stereocenters. The smallest absolute Gasteiger partial charge is 0.405 e. The van der Waals surface area contributed by atoms with Crippen molar-refractivity contribution >= 4 is 21.9 Å². The lowest BCUT2D eigenvalue weighted by atomic mass is 10.2. The molecule has 0 saturated heterocycles. The van der Waals surface area contributed by atoms with Crippen LogP contribution in [0.15, 0.2) is 29.2 Å². The van der Waals surface area contributed by atoms with Crippen molar-refractivity contribution in [1.29, 1.82) is 0 Å². The lowest BCUT2D eigenvalue weighted by Gasteiger charge is -2.09. The zero-order chi connectivity index (χ0) is 20.5. The van der Waals surface area contributed by atoms with Crippen molar-refractivity contribution < 1.29 is 35.9 Å². The number of amides is 1. The van der Waals surface area contributed by atoms with E-state index in [9.17, 15) is 31.2 Å². The van der Waals surface area contributed by atoms with Gasteiger partial charge in [0.2, 0.25) is 10.0 Å². The summed E-state index contributed by atoms with van der Waals surface area (Å²) in [7, 11) is -2.51. The summed E-state index contributed by atoms with van der Waals surface area (Å²) in [6.45, 7) is -1.30. The number of carbonyl (C=O) groups excluding carboxylic acids is 2. The van der Waals surface area contributed by atoms with Gasteiger partial charge in [-0.15, -0.1) is 0 Å². The van der Waals surface area contributed by atoms with Crippen LogP contribution in [0, 0.1) is 0 Å². The second kappa shape index (κ2) is 10.3. The Labute approximate surface area is 155 Å². The van der Waals surface area contributed by atoms with Crippen molar-refractivity contribution in [2.45, 2.75) is 36.8 Å². The first-order valence-corrected chi connectivity index (χ1v) is 9.55. The molecule has 1 amide bonds. The van der Waals surface area contributed by atoms with Gasteiger partial charge in [0.25, 0.3) is 5.91 Å². The zero-order valence-corrected chi connectivity index (χ0v) is 15.5. The first-order chi connectivity index (χ1) is 12.5. The SMILES string of the molecule is COC(=O)CCCCCNS(=O)(=O)c1ccc(C(=O)NCC(F)(F)F)cc1. The zero-order valence-electron chi connectivity index (χ0n) is 14.6. The molecular weight excluding hydrogens is 389 g/mol. The van der Waals surface area contributed by atoms with Gasteiger partial charge >= 0.3 is 12.1 Å². The van der Waals surface area contributed by atoms with E-state index < -0.39 is 28.7 Å². The molecule has 7 nitrogen and oxygen atoms in total. The Balaban J connectivity index is 2.49. The van der Waals surface area contributed by atoms with Crippen LogP contribution < -0.4 is 10.0 Å². The van der Waals surface area contributed by atoms with Crippen LogP contribution in [-0.4, -0.2) is 46.7 Å². The van der Waals surface area contributed by atoms with Gasteiger partial charge in [0.15, 0.2) is 0 Å². The summed E-state index contributed by atoms with van der Waals surface area (Å²) in [5, 5.41) is 1.70. The fraction of sp³-hybridized carbons (Fsp3) is 0.500. The van der Waals surface area contributed by atoms with Crippen LogP contribution in [0.2, 0.25) is 0 Å². The molecule has 1 aromatic carbocycles. The van der Waals surface area contributed by atoms with Gasteiger partial charge in [0.1, 0.15) is 6.54 Å². The van der Waals surface area contributed by atoms with Gasteiger partial charge in [0.05, 0.1) is 12.0 Å². The van der Waals surface area contributed by atoms with Gasteiger partial charge in [-0.25, -0.2) is 13.1 Å². The van der Waals surface area contributed by atoms with E-state index in [-0.39, 0.29) is 29.4 Å². The van der Waals surface area contributed by atoms with E-state index in [0.717, 1.165) is 24.3 Å². The third-order valence-electron chi connectivity index (χ3n) is 3.45. The number of unbranched alkanes of at least 4 members (excludes halogenated alkanes) is 2. The summed E-state index contributed by atoms with van der Waals surface area (Å²) in [4.78, 5) is 22.4. The predicted octanol–water partition coefficient (Wildman–Crippen LogP) is 1.99. The molecule has 0 aromatic heterocycles. The number of methoxy groups -OCH3 is 1. The molecule has 0 saturated carbocycles. The molecule has 0 bridgehead atoms. The Hall–Kier alpha value is -2.14. The topological polar surface area (TPSA) is 102 Å². The van der Waals surface area contributed by atoms with Crippen molar-refractivity contribution in [3.63, 3.8) is 0 Å². The number of halogens is 3. The second-order valence-corrected chi connectivity index (χ2v) is 7.37. The number of benzene rings is 1. The standard InChI is InChI=1S/C16H21F3N2O5S/c1-26-14(22)5-3-2-4-10-21-27(24,25)13-8-6-12(7-9-13)15(23)20-11-16(17,18)19/h6-9,21H,2-5,10-11H2,1H3,(H,20,23). The van der Waals surface area contributed by atoms with Crippen LogP contribution in [0.25, 0.3) is 0 Å². The normalized spacial score (nSPS) is 11.9.